The molecule has 43 heavy (non-hydrogen) atoms. The van der Waals surface area contributed by atoms with E-state index in [1.807, 2.05) is 12.1 Å². The molecule has 3 aromatic rings. The first kappa shape index (κ1) is 34.7. The zero-order valence-electron chi connectivity index (χ0n) is 27.4. The Morgan fingerprint density at radius 3 is 1.86 bits per heavy atom. The summed E-state index contributed by atoms with van der Waals surface area (Å²) in [6, 6.07) is 15.8. The highest BCUT2D eigenvalue weighted by Crippen LogP contribution is 2.20. The van der Waals surface area contributed by atoms with Gasteiger partial charge < -0.3 is 14.6 Å². The van der Waals surface area contributed by atoms with E-state index in [4.69, 9.17) is 9.72 Å². The van der Waals surface area contributed by atoms with Crippen molar-refractivity contribution >= 4 is 16.9 Å². The predicted molar refractivity (Wildman–Crippen MR) is 182 cm³/mol. The molecule has 3 rings (SSSR count). The second kappa shape index (κ2) is 21.8. The van der Waals surface area contributed by atoms with E-state index < -0.39 is 0 Å². The number of carbonyl (C=O) groups is 1. The fourth-order valence-electron chi connectivity index (χ4n) is 6.02. The van der Waals surface area contributed by atoms with Crippen molar-refractivity contribution < 1.29 is 9.53 Å². The quantitative estimate of drug-likeness (QED) is 0.100. The van der Waals surface area contributed by atoms with Crippen molar-refractivity contribution in [2.45, 2.75) is 142 Å². The summed E-state index contributed by atoms with van der Waals surface area (Å²) in [6.07, 6.45) is 26.5. The van der Waals surface area contributed by atoms with Crippen LogP contribution in [0.1, 0.15) is 145 Å². The fourth-order valence-corrected chi connectivity index (χ4v) is 6.02. The number of unbranched alkanes of at least 4 members (excludes halogenated alkanes) is 17. The highest BCUT2D eigenvalue weighted by molar-refractivity contribution is 5.94. The number of benzene rings is 2. The third-order valence-corrected chi connectivity index (χ3v) is 8.68. The average molecular weight is 590 g/mol. The van der Waals surface area contributed by atoms with E-state index in [0.717, 1.165) is 43.5 Å². The first-order chi connectivity index (χ1) is 21.2. The van der Waals surface area contributed by atoms with E-state index in [1.54, 1.807) is 19.2 Å². The van der Waals surface area contributed by atoms with Gasteiger partial charge in [-0.2, -0.15) is 0 Å². The highest BCUT2D eigenvalue weighted by atomic mass is 16.5. The van der Waals surface area contributed by atoms with Gasteiger partial charge in [-0.3, -0.25) is 4.79 Å². The number of nitrogens with zero attached hydrogens (tertiary/aromatic N) is 2. The van der Waals surface area contributed by atoms with Crippen molar-refractivity contribution in [2.75, 3.05) is 13.7 Å². The summed E-state index contributed by atoms with van der Waals surface area (Å²) in [5.74, 6) is 1.95. The Labute approximate surface area is 262 Å². The molecule has 1 N–H and O–H groups in total. The van der Waals surface area contributed by atoms with Crippen molar-refractivity contribution in [1.82, 2.24) is 14.9 Å². The van der Waals surface area contributed by atoms with Gasteiger partial charge in [0.15, 0.2) is 0 Å². The van der Waals surface area contributed by atoms with Crippen LogP contribution in [0.25, 0.3) is 11.0 Å². The molecular weight excluding hydrogens is 530 g/mol. The number of amides is 1. The molecule has 1 amide bonds. The molecule has 238 valence electrons. The maximum atomic E-state index is 12.4. The number of carbonyl (C=O) groups excluding carboxylic acids is 1. The molecule has 5 nitrogen and oxygen atoms in total. The van der Waals surface area contributed by atoms with Crippen molar-refractivity contribution in [3.8, 4) is 5.75 Å². The van der Waals surface area contributed by atoms with Gasteiger partial charge in [0.1, 0.15) is 11.6 Å². The number of aryl methyl sites for hydroxylation is 2. The molecule has 1 aromatic heterocycles. The molecule has 0 aliphatic carbocycles. The van der Waals surface area contributed by atoms with Crippen LogP contribution in [0.3, 0.4) is 0 Å². The predicted octanol–water partition coefficient (Wildman–Crippen LogP) is 10.4. The summed E-state index contributed by atoms with van der Waals surface area (Å²) in [4.78, 5) is 17.4. The van der Waals surface area contributed by atoms with Gasteiger partial charge in [-0.15, -0.1) is 0 Å². The van der Waals surface area contributed by atoms with E-state index in [1.165, 1.54) is 114 Å². The number of nitrogens with one attached hydrogen (secondary N) is 1. The monoisotopic (exact) mass is 589 g/mol. The molecule has 0 radical (unpaired) electrons. The largest absolute Gasteiger partial charge is 0.497 e. The van der Waals surface area contributed by atoms with Gasteiger partial charge in [0.2, 0.25) is 0 Å². The molecule has 0 fully saturated rings. The molecule has 0 aliphatic rings. The van der Waals surface area contributed by atoms with Crippen molar-refractivity contribution in [3.63, 3.8) is 0 Å². The summed E-state index contributed by atoms with van der Waals surface area (Å²) in [5.41, 5.74) is 3.05. The second-order valence-electron chi connectivity index (χ2n) is 12.3. The summed E-state index contributed by atoms with van der Waals surface area (Å²) in [7, 11) is 1.63. The Kier molecular flexibility index (Phi) is 17.6. The van der Waals surface area contributed by atoms with Crippen LogP contribution < -0.4 is 10.1 Å². The van der Waals surface area contributed by atoms with Gasteiger partial charge >= 0.3 is 0 Å². The number of ether oxygens (including phenoxy) is 1. The Morgan fingerprint density at radius 2 is 1.26 bits per heavy atom. The second-order valence-corrected chi connectivity index (χ2v) is 12.3. The van der Waals surface area contributed by atoms with Gasteiger partial charge in [0, 0.05) is 25.1 Å². The van der Waals surface area contributed by atoms with E-state index in [2.05, 4.69) is 41.1 Å². The average Bonchev–Trinajstić information content (AvgIpc) is 3.39. The topological polar surface area (TPSA) is 56.2 Å². The Hall–Kier alpha value is -2.82. The minimum atomic E-state index is -0.0248. The minimum Gasteiger partial charge on any atom is -0.497 e. The van der Waals surface area contributed by atoms with Crippen molar-refractivity contribution in [2.24, 2.45) is 0 Å². The minimum absolute atomic E-state index is 0.0248. The van der Waals surface area contributed by atoms with E-state index >= 15 is 0 Å². The van der Waals surface area contributed by atoms with Gasteiger partial charge in [0.25, 0.3) is 5.91 Å². The molecule has 0 bridgehead atoms. The van der Waals surface area contributed by atoms with Crippen LogP contribution in [0, 0.1) is 0 Å². The summed E-state index contributed by atoms with van der Waals surface area (Å²) in [5, 5.41) is 3.04. The number of methoxy groups -OCH3 is 1. The van der Waals surface area contributed by atoms with Crippen LogP contribution in [-0.2, 0) is 13.0 Å². The smallest absolute Gasteiger partial charge is 0.251 e. The third-order valence-electron chi connectivity index (χ3n) is 8.68. The molecule has 0 atom stereocenters. The Bertz CT molecular complexity index is 1140. The molecule has 1 heterocycles. The van der Waals surface area contributed by atoms with Crippen LogP contribution in [0.15, 0.2) is 48.5 Å². The van der Waals surface area contributed by atoms with Gasteiger partial charge in [-0.1, -0.05) is 122 Å². The normalized spacial score (nSPS) is 11.3. The summed E-state index contributed by atoms with van der Waals surface area (Å²) >= 11 is 0. The van der Waals surface area contributed by atoms with Crippen LogP contribution in [0.4, 0.5) is 0 Å². The lowest BCUT2D eigenvalue weighted by atomic mass is 10.0. The van der Waals surface area contributed by atoms with Crippen LogP contribution in [-0.4, -0.2) is 29.1 Å². The number of para-hydroxylation sites is 2. The maximum absolute atomic E-state index is 12.4. The molecule has 0 saturated carbocycles. The summed E-state index contributed by atoms with van der Waals surface area (Å²) < 4.78 is 7.63. The lowest BCUT2D eigenvalue weighted by molar-refractivity contribution is 0.0953. The molecule has 0 unspecified atom stereocenters. The summed E-state index contributed by atoms with van der Waals surface area (Å²) in [6.45, 7) is 4.05. The maximum Gasteiger partial charge on any atom is 0.251 e. The van der Waals surface area contributed by atoms with Gasteiger partial charge in [-0.25, -0.2) is 4.98 Å². The van der Waals surface area contributed by atoms with E-state index in [-0.39, 0.29) is 5.91 Å². The van der Waals surface area contributed by atoms with Crippen LogP contribution in [0.2, 0.25) is 0 Å². The zero-order valence-corrected chi connectivity index (χ0v) is 27.4. The number of imidazole rings is 1. The SMILES string of the molecule is CCCCCCCCCCCCCCCCCCn1c(CCCCCNC(=O)c2ccc(OC)cc2)nc2ccccc21. The zero-order chi connectivity index (χ0) is 30.4. The first-order valence-corrected chi connectivity index (χ1v) is 17.6. The highest BCUT2D eigenvalue weighted by Gasteiger charge is 2.10. The number of rotatable bonds is 25. The molecule has 2 aromatic carbocycles. The lowest BCUT2D eigenvalue weighted by Crippen LogP contribution is -2.24. The third kappa shape index (κ3) is 13.6. The Morgan fingerprint density at radius 1 is 0.698 bits per heavy atom. The molecule has 5 heteroatoms. The molecular formula is C38H59N3O2. The van der Waals surface area contributed by atoms with Crippen molar-refractivity contribution in [3.05, 3.63) is 59.9 Å². The standard InChI is InChI=1S/C38H59N3O2/c1-3-4-5-6-7-8-9-10-11-12-13-14-15-16-17-23-32-41-36-25-21-20-24-35(36)40-37(41)26-19-18-22-31-39-38(42)33-27-29-34(43-2)30-28-33/h20-21,24-25,27-30H,3-19,22-23,26,31-32H2,1-2H3,(H,39,42). The molecule has 0 aliphatic heterocycles. The van der Waals surface area contributed by atoms with Crippen LogP contribution in [0.5, 0.6) is 5.75 Å². The fraction of sp³-hybridized carbons (Fsp3) is 0.632. The van der Waals surface area contributed by atoms with E-state index in [9.17, 15) is 4.79 Å². The van der Waals surface area contributed by atoms with Gasteiger partial charge in [0.05, 0.1) is 18.1 Å². The molecule has 0 spiro atoms. The lowest BCUT2D eigenvalue weighted by Gasteiger charge is -2.10. The number of hydrogen-bond acceptors (Lipinski definition) is 3. The first-order valence-electron chi connectivity index (χ1n) is 17.6. The Balaban J connectivity index is 1.25. The number of aromatic nitrogens is 2. The molecule has 0 saturated heterocycles. The number of fused-ring (bicyclic) bond motifs is 1. The van der Waals surface area contributed by atoms with E-state index in [0.29, 0.717) is 12.1 Å². The van der Waals surface area contributed by atoms with Crippen LogP contribution >= 0.6 is 0 Å². The number of hydrogen-bond donors (Lipinski definition) is 1. The van der Waals surface area contributed by atoms with Gasteiger partial charge in [-0.05, 0) is 55.7 Å². The van der Waals surface area contributed by atoms with Crippen molar-refractivity contribution in [1.29, 1.82) is 0 Å².